The standard InChI is InChI=1S/C6H9F3O2/c1-4(7)6(8,9)3-5(10)11-2/h4H,3H2,1-2H3. The van der Waals surface area contributed by atoms with Crippen LogP contribution < -0.4 is 0 Å². The van der Waals surface area contributed by atoms with E-state index in [1.807, 2.05) is 0 Å². The Hall–Kier alpha value is -0.740. The van der Waals surface area contributed by atoms with Crippen LogP contribution in [-0.2, 0) is 9.53 Å². The Balaban J connectivity index is 4.01. The number of rotatable bonds is 3. The lowest BCUT2D eigenvalue weighted by atomic mass is 10.1. The molecule has 0 aromatic heterocycles. The molecule has 1 atom stereocenters. The van der Waals surface area contributed by atoms with E-state index in [0.717, 1.165) is 7.11 Å². The normalized spacial score (nSPS) is 14.3. The van der Waals surface area contributed by atoms with Gasteiger partial charge >= 0.3 is 5.97 Å². The van der Waals surface area contributed by atoms with E-state index in [4.69, 9.17) is 0 Å². The van der Waals surface area contributed by atoms with Gasteiger partial charge in [0.05, 0.1) is 7.11 Å². The van der Waals surface area contributed by atoms with E-state index in [-0.39, 0.29) is 0 Å². The van der Waals surface area contributed by atoms with E-state index in [0.29, 0.717) is 6.92 Å². The van der Waals surface area contributed by atoms with Gasteiger partial charge in [0, 0.05) is 0 Å². The van der Waals surface area contributed by atoms with Crippen molar-refractivity contribution in [1.29, 1.82) is 0 Å². The molecule has 0 aliphatic carbocycles. The first-order chi connectivity index (χ1) is 4.90. The zero-order chi connectivity index (χ0) is 9.07. The third-order valence-electron chi connectivity index (χ3n) is 1.19. The topological polar surface area (TPSA) is 26.3 Å². The number of methoxy groups -OCH3 is 1. The van der Waals surface area contributed by atoms with Crippen molar-refractivity contribution in [2.75, 3.05) is 7.11 Å². The summed E-state index contributed by atoms with van der Waals surface area (Å²) < 4.78 is 40.6. The van der Waals surface area contributed by atoms with Crippen LogP contribution in [0.1, 0.15) is 13.3 Å². The molecule has 0 amide bonds. The van der Waals surface area contributed by atoms with Gasteiger partial charge in [-0.05, 0) is 6.92 Å². The molecule has 0 aromatic carbocycles. The molecule has 0 spiro atoms. The van der Waals surface area contributed by atoms with Gasteiger partial charge in [-0.3, -0.25) is 4.79 Å². The van der Waals surface area contributed by atoms with E-state index in [2.05, 4.69) is 4.74 Å². The van der Waals surface area contributed by atoms with Crippen LogP contribution >= 0.6 is 0 Å². The summed E-state index contributed by atoms with van der Waals surface area (Å²) in [5, 5.41) is 0. The summed E-state index contributed by atoms with van der Waals surface area (Å²) in [6.07, 6.45) is -3.54. The minimum Gasteiger partial charge on any atom is -0.469 e. The second-order valence-corrected chi connectivity index (χ2v) is 2.13. The van der Waals surface area contributed by atoms with Crippen molar-refractivity contribution >= 4 is 5.97 Å². The quantitative estimate of drug-likeness (QED) is 0.600. The molecule has 2 nitrogen and oxygen atoms in total. The van der Waals surface area contributed by atoms with E-state index >= 15 is 0 Å². The van der Waals surface area contributed by atoms with Crippen LogP contribution in [-0.4, -0.2) is 25.2 Å². The van der Waals surface area contributed by atoms with Gasteiger partial charge in [0.1, 0.15) is 6.42 Å². The predicted octanol–water partition coefficient (Wildman–Crippen LogP) is 1.54. The fourth-order valence-corrected chi connectivity index (χ4v) is 0.405. The molecule has 0 aliphatic heterocycles. The van der Waals surface area contributed by atoms with Gasteiger partial charge in [-0.1, -0.05) is 0 Å². The maximum absolute atomic E-state index is 12.3. The number of carbonyl (C=O) groups excluding carboxylic acids is 1. The first-order valence-corrected chi connectivity index (χ1v) is 2.99. The summed E-state index contributed by atoms with van der Waals surface area (Å²) >= 11 is 0. The molecule has 0 aromatic rings. The second kappa shape index (κ2) is 3.59. The number of carbonyl (C=O) groups is 1. The van der Waals surface area contributed by atoms with Crippen molar-refractivity contribution in [3.63, 3.8) is 0 Å². The average Bonchev–Trinajstić information content (AvgIpc) is 1.86. The van der Waals surface area contributed by atoms with Crippen LogP contribution in [0.15, 0.2) is 0 Å². The molecule has 0 saturated carbocycles. The molecule has 0 N–H and O–H groups in total. The smallest absolute Gasteiger partial charge is 0.311 e. The third-order valence-corrected chi connectivity index (χ3v) is 1.19. The highest BCUT2D eigenvalue weighted by molar-refractivity contribution is 5.70. The van der Waals surface area contributed by atoms with Crippen LogP contribution in [0.5, 0.6) is 0 Å². The van der Waals surface area contributed by atoms with E-state index in [9.17, 15) is 18.0 Å². The Morgan fingerprint density at radius 1 is 1.64 bits per heavy atom. The molecule has 0 rings (SSSR count). The molecule has 0 fully saturated rings. The number of esters is 1. The van der Waals surface area contributed by atoms with Crippen LogP contribution in [0.2, 0.25) is 0 Å². The summed E-state index contributed by atoms with van der Waals surface area (Å²) in [7, 11) is 0.974. The van der Waals surface area contributed by atoms with Crippen molar-refractivity contribution in [2.45, 2.75) is 25.4 Å². The number of hydrogen-bond donors (Lipinski definition) is 0. The lowest BCUT2D eigenvalue weighted by Crippen LogP contribution is -2.30. The highest BCUT2D eigenvalue weighted by atomic mass is 19.3. The van der Waals surface area contributed by atoms with Crippen LogP contribution in [0.3, 0.4) is 0 Å². The van der Waals surface area contributed by atoms with Gasteiger partial charge in [0.2, 0.25) is 0 Å². The molecule has 0 heterocycles. The Morgan fingerprint density at radius 2 is 2.09 bits per heavy atom. The molecule has 0 bridgehead atoms. The number of ether oxygens (including phenoxy) is 1. The monoisotopic (exact) mass is 170 g/mol. The lowest BCUT2D eigenvalue weighted by Gasteiger charge is -2.15. The van der Waals surface area contributed by atoms with Gasteiger partial charge in [-0.2, -0.15) is 0 Å². The molecule has 0 radical (unpaired) electrons. The molecule has 11 heavy (non-hydrogen) atoms. The Labute approximate surface area is 62.3 Å². The fraction of sp³-hybridized carbons (Fsp3) is 0.833. The Bertz CT molecular complexity index is 145. The van der Waals surface area contributed by atoms with E-state index < -0.39 is 24.5 Å². The van der Waals surface area contributed by atoms with Crippen molar-refractivity contribution in [3.8, 4) is 0 Å². The van der Waals surface area contributed by atoms with Gasteiger partial charge in [0.25, 0.3) is 5.92 Å². The minimum atomic E-state index is -3.62. The summed E-state index contributed by atoms with van der Waals surface area (Å²) in [4.78, 5) is 10.3. The maximum Gasteiger partial charge on any atom is 0.311 e. The van der Waals surface area contributed by atoms with Crippen molar-refractivity contribution in [1.82, 2.24) is 0 Å². The van der Waals surface area contributed by atoms with E-state index in [1.165, 1.54) is 0 Å². The Kier molecular flexibility index (Phi) is 3.35. The molecule has 0 aliphatic rings. The van der Waals surface area contributed by atoms with Crippen molar-refractivity contribution in [2.24, 2.45) is 0 Å². The fourth-order valence-electron chi connectivity index (χ4n) is 0.405. The first kappa shape index (κ1) is 10.3. The van der Waals surface area contributed by atoms with E-state index in [1.54, 1.807) is 0 Å². The molecule has 0 saturated heterocycles. The number of halogens is 3. The van der Waals surface area contributed by atoms with Gasteiger partial charge in [-0.15, -0.1) is 0 Å². The first-order valence-electron chi connectivity index (χ1n) is 2.99. The van der Waals surface area contributed by atoms with Crippen molar-refractivity contribution < 1.29 is 22.7 Å². The van der Waals surface area contributed by atoms with Gasteiger partial charge < -0.3 is 4.74 Å². The molecule has 1 unspecified atom stereocenters. The summed E-state index contributed by atoms with van der Waals surface area (Å²) in [5.41, 5.74) is 0. The van der Waals surface area contributed by atoms with Gasteiger partial charge in [-0.25, -0.2) is 13.2 Å². The molecule has 5 heteroatoms. The third kappa shape index (κ3) is 3.25. The maximum atomic E-state index is 12.3. The van der Waals surface area contributed by atoms with Crippen LogP contribution in [0, 0.1) is 0 Å². The molecular formula is C6H9F3O2. The van der Waals surface area contributed by atoms with Crippen LogP contribution in [0.4, 0.5) is 13.2 Å². The summed E-state index contributed by atoms with van der Waals surface area (Å²) in [5.74, 6) is -4.73. The zero-order valence-corrected chi connectivity index (χ0v) is 6.23. The zero-order valence-electron chi connectivity index (χ0n) is 6.23. The lowest BCUT2D eigenvalue weighted by molar-refractivity contribution is -0.153. The minimum absolute atomic E-state index is 0.697. The van der Waals surface area contributed by atoms with Crippen LogP contribution in [0.25, 0.3) is 0 Å². The highest BCUT2D eigenvalue weighted by Crippen LogP contribution is 2.25. The number of hydrogen-bond acceptors (Lipinski definition) is 2. The number of alkyl halides is 3. The summed E-state index contributed by atoms with van der Waals surface area (Å²) in [6.45, 7) is 0.697. The highest BCUT2D eigenvalue weighted by Gasteiger charge is 2.39. The van der Waals surface area contributed by atoms with Crippen molar-refractivity contribution in [3.05, 3.63) is 0 Å². The summed E-state index contributed by atoms with van der Waals surface area (Å²) in [6, 6.07) is 0. The predicted molar refractivity (Wildman–Crippen MR) is 32.1 cm³/mol. The molecule has 66 valence electrons. The van der Waals surface area contributed by atoms with Gasteiger partial charge in [0.15, 0.2) is 6.17 Å². The SMILES string of the molecule is COC(=O)CC(F)(F)C(C)F. The second-order valence-electron chi connectivity index (χ2n) is 2.13. The molecular weight excluding hydrogens is 161 g/mol. The Morgan fingerprint density at radius 3 is 2.36 bits per heavy atom. The largest absolute Gasteiger partial charge is 0.469 e. The average molecular weight is 170 g/mol.